The number of piperidine rings is 1. The van der Waals surface area contributed by atoms with Crippen molar-refractivity contribution in [2.24, 2.45) is 0 Å². The lowest BCUT2D eigenvalue weighted by molar-refractivity contribution is 0.0593. The van der Waals surface area contributed by atoms with E-state index in [0.717, 1.165) is 22.2 Å². The van der Waals surface area contributed by atoms with Gasteiger partial charge in [-0.25, -0.2) is 4.79 Å². The molecule has 22 heavy (non-hydrogen) atoms. The zero-order chi connectivity index (χ0) is 15.9. The molecule has 0 atom stereocenters. The van der Waals surface area contributed by atoms with E-state index >= 15 is 0 Å². The van der Waals surface area contributed by atoms with Crippen LogP contribution < -0.4 is 0 Å². The topological polar surface area (TPSA) is 49.9 Å². The van der Waals surface area contributed by atoms with E-state index in [4.69, 9.17) is 4.74 Å². The summed E-state index contributed by atoms with van der Waals surface area (Å²) in [6, 6.07) is 2.05. The number of carbonyl (C=O) groups is 2. The Morgan fingerprint density at radius 3 is 2.59 bits per heavy atom. The summed E-state index contributed by atoms with van der Waals surface area (Å²) < 4.78 is 6.04. The monoisotopic (exact) mass is 386 g/mol. The van der Waals surface area contributed by atoms with Crippen LogP contribution in [0.25, 0.3) is 0 Å². The lowest BCUT2D eigenvalue weighted by Gasteiger charge is -2.40. The molecule has 120 valence electrons. The summed E-state index contributed by atoms with van der Waals surface area (Å²) in [6.45, 7) is 5.84. The molecule has 0 aromatic carbocycles. The van der Waals surface area contributed by atoms with Crippen LogP contribution in [0.5, 0.6) is 0 Å². The Balaban J connectivity index is 1.65. The van der Waals surface area contributed by atoms with Crippen molar-refractivity contribution in [3.05, 3.63) is 20.8 Å². The molecule has 3 rings (SSSR count). The molecule has 3 heterocycles. The number of halogens is 1. The average Bonchev–Trinajstić information content (AvgIpc) is 3.02. The van der Waals surface area contributed by atoms with E-state index < -0.39 is 0 Å². The van der Waals surface area contributed by atoms with E-state index in [-0.39, 0.29) is 23.6 Å². The molecule has 5 nitrogen and oxygen atoms in total. The van der Waals surface area contributed by atoms with Crippen LogP contribution in [0.15, 0.2) is 15.9 Å². The fourth-order valence-electron chi connectivity index (χ4n) is 3.18. The summed E-state index contributed by atoms with van der Waals surface area (Å²) in [5.41, 5.74) is -0.259. The number of nitrogens with zero attached hydrogens (tertiary/aromatic N) is 2. The summed E-state index contributed by atoms with van der Waals surface area (Å²) in [4.78, 5) is 28.9. The van der Waals surface area contributed by atoms with Crippen LogP contribution in [-0.4, -0.2) is 53.1 Å². The van der Waals surface area contributed by atoms with Crippen LogP contribution in [0.3, 0.4) is 0 Å². The minimum Gasteiger partial charge on any atom is -0.447 e. The van der Waals surface area contributed by atoms with Crippen molar-refractivity contribution < 1.29 is 14.3 Å². The van der Waals surface area contributed by atoms with Gasteiger partial charge in [0.15, 0.2) is 0 Å². The second kappa shape index (κ2) is 5.85. The van der Waals surface area contributed by atoms with Gasteiger partial charge in [-0.2, -0.15) is 0 Å². The largest absolute Gasteiger partial charge is 0.447 e. The zero-order valence-corrected chi connectivity index (χ0v) is 15.1. The van der Waals surface area contributed by atoms with Gasteiger partial charge >= 0.3 is 6.09 Å². The van der Waals surface area contributed by atoms with Gasteiger partial charge in [-0.15, -0.1) is 11.3 Å². The number of hydrogen-bond donors (Lipinski definition) is 0. The van der Waals surface area contributed by atoms with Crippen molar-refractivity contribution in [2.45, 2.75) is 38.3 Å². The van der Waals surface area contributed by atoms with Gasteiger partial charge in [-0.1, -0.05) is 0 Å². The summed E-state index contributed by atoms with van der Waals surface area (Å²) in [7, 11) is 0. The van der Waals surface area contributed by atoms with Crippen LogP contribution in [0.1, 0.15) is 36.4 Å². The number of thiophene rings is 1. The van der Waals surface area contributed by atoms with Crippen LogP contribution in [0.2, 0.25) is 0 Å². The molecule has 1 aromatic rings. The molecule has 0 radical (unpaired) electrons. The highest BCUT2D eigenvalue weighted by Gasteiger charge is 2.45. The number of carbonyl (C=O) groups excluding carboxylic acids is 2. The second-order valence-corrected chi connectivity index (χ2v) is 8.13. The van der Waals surface area contributed by atoms with Gasteiger partial charge < -0.3 is 9.64 Å². The third kappa shape index (κ3) is 2.76. The molecule has 0 aliphatic carbocycles. The van der Waals surface area contributed by atoms with E-state index in [9.17, 15) is 9.59 Å². The maximum atomic E-state index is 12.5. The highest BCUT2D eigenvalue weighted by molar-refractivity contribution is 9.10. The van der Waals surface area contributed by atoms with Gasteiger partial charge in [0.25, 0.3) is 5.91 Å². The van der Waals surface area contributed by atoms with E-state index in [1.54, 1.807) is 0 Å². The molecule has 1 aromatic heterocycles. The number of ether oxygens (including phenoxy) is 1. The van der Waals surface area contributed by atoms with E-state index in [2.05, 4.69) is 15.9 Å². The lowest BCUT2D eigenvalue weighted by Crippen LogP contribution is -2.53. The molecular weight excluding hydrogens is 368 g/mol. The minimum atomic E-state index is -0.259. The molecule has 2 saturated heterocycles. The highest BCUT2D eigenvalue weighted by atomic mass is 79.9. The molecule has 0 spiro atoms. The maximum absolute atomic E-state index is 12.5. The van der Waals surface area contributed by atoms with Crippen LogP contribution in [0, 0.1) is 0 Å². The Labute approximate surface area is 142 Å². The van der Waals surface area contributed by atoms with E-state index in [1.165, 1.54) is 11.3 Å². The van der Waals surface area contributed by atoms with Crippen LogP contribution in [0.4, 0.5) is 4.79 Å². The molecule has 2 fully saturated rings. The van der Waals surface area contributed by atoms with Crippen molar-refractivity contribution in [3.63, 3.8) is 0 Å². The first-order valence-corrected chi connectivity index (χ1v) is 9.06. The van der Waals surface area contributed by atoms with Crippen molar-refractivity contribution in [1.29, 1.82) is 0 Å². The van der Waals surface area contributed by atoms with Gasteiger partial charge in [-0.05, 0) is 54.1 Å². The fraction of sp³-hybridized carbons (Fsp3) is 0.600. The van der Waals surface area contributed by atoms with Crippen molar-refractivity contribution >= 4 is 39.3 Å². The summed E-state index contributed by atoms with van der Waals surface area (Å²) in [5.74, 6) is 0.0728. The van der Waals surface area contributed by atoms with Gasteiger partial charge in [0, 0.05) is 23.6 Å². The molecule has 0 bridgehead atoms. The molecule has 2 aliphatic rings. The number of hydrogen-bond acceptors (Lipinski definition) is 4. The smallest absolute Gasteiger partial charge is 0.410 e. The molecule has 7 heteroatoms. The normalized spacial score (nSPS) is 22.0. The Kier molecular flexibility index (Phi) is 4.20. The number of likely N-dealkylation sites (tertiary alicyclic amines) is 1. The molecule has 0 unspecified atom stereocenters. The molecule has 2 amide bonds. The maximum Gasteiger partial charge on any atom is 0.410 e. The SMILES string of the molecule is CC1(C)COC(=O)N1C1CCN(C(=O)c2sccc2Br)CC1. The van der Waals surface area contributed by atoms with E-state index in [0.29, 0.717) is 19.7 Å². The fourth-order valence-corrected chi connectivity index (χ4v) is 4.69. The summed E-state index contributed by atoms with van der Waals surface area (Å²) in [5, 5.41) is 1.91. The molecule has 0 N–H and O–H groups in total. The second-order valence-electron chi connectivity index (χ2n) is 6.36. The minimum absolute atomic E-state index is 0.0728. The number of amides is 2. The highest BCUT2D eigenvalue weighted by Crippen LogP contribution is 2.31. The molecule has 2 aliphatic heterocycles. The Morgan fingerprint density at radius 2 is 2.09 bits per heavy atom. The molecule has 0 saturated carbocycles. The lowest BCUT2D eigenvalue weighted by atomic mass is 9.97. The first kappa shape index (κ1) is 15.8. The first-order valence-electron chi connectivity index (χ1n) is 7.38. The summed E-state index contributed by atoms with van der Waals surface area (Å²) >= 11 is 4.87. The number of cyclic esters (lactones) is 1. The standard InChI is InChI=1S/C15H19BrN2O3S/c1-15(2)9-21-14(20)18(15)10-3-6-17(7-4-10)13(19)12-11(16)5-8-22-12/h5,8,10H,3-4,6-7,9H2,1-2H3. The van der Waals surface area contributed by atoms with Crippen molar-refractivity contribution in [1.82, 2.24) is 9.80 Å². The van der Waals surface area contributed by atoms with Crippen LogP contribution in [-0.2, 0) is 4.74 Å². The Hall–Kier alpha value is -1.08. The molecular formula is C15H19BrN2O3S. The third-order valence-corrected chi connectivity index (χ3v) is 6.15. The van der Waals surface area contributed by atoms with Gasteiger partial charge in [0.2, 0.25) is 0 Å². The zero-order valence-electron chi connectivity index (χ0n) is 12.7. The quantitative estimate of drug-likeness (QED) is 0.782. The van der Waals surface area contributed by atoms with Gasteiger partial charge in [-0.3, -0.25) is 9.69 Å². The van der Waals surface area contributed by atoms with E-state index in [1.807, 2.05) is 35.1 Å². The Bertz CT molecular complexity index is 593. The first-order chi connectivity index (χ1) is 10.4. The average molecular weight is 387 g/mol. The van der Waals surface area contributed by atoms with Crippen molar-refractivity contribution in [2.75, 3.05) is 19.7 Å². The predicted octanol–water partition coefficient (Wildman–Crippen LogP) is 3.35. The summed E-state index contributed by atoms with van der Waals surface area (Å²) in [6.07, 6.45) is 1.37. The van der Waals surface area contributed by atoms with Gasteiger partial charge in [0.05, 0.1) is 5.54 Å². The van der Waals surface area contributed by atoms with Gasteiger partial charge in [0.1, 0.15) is 11.5 Å². The van der Waals surface area contributed by atoms with Crippen molar-refractivity contribution in [3.8, 4) is 0 Å². The van der Waals surface area contributed by atoms with Crippen LogP contribution >= 0.6 is 27.3 Å². The Morgan fingerprint density at radius 1 is 1.41 bits per heavy atom. The number of rotatable bonds is 2. The third-order valence-electron chi connectivity index (χ3n) is 4.33. The predicted molar refractivity (Wildman–Crippen MR) is 88.2 cm³/mol.